The highest BCUT2D eigenvalue weighted by Crippen LogP contribution is 2.22. The Morgan fingerprint density at radius 2 is 2.12 bits per heavy atom. The third-order valence-corrected chi connectivity index (χ3v) is 5.01. The highest BCUT2D eigenvalue weighted by molar-refractivity contribution is 14.0. The smallest absolute Gasteiger partial charge is 0.191 e. The summed E-state index contributed by atoms with van der Waals surface area (Å²) >= 11 is 0. The van der Waals surface area contributed by atoms with E-state index in [0.717, 1.165) is 43.3 Å². The molecule has 1 unspecified atom stereocenters. The average Bonchev–Trinajstić information content (AvgIpc) is 3.25. The lowest BCUT2D eigenvalue weighted by Gasteiger charge is -2.15. The van der Waals surface area contributed by atoms with Crippen LogP contribution in [0.3, 0.4) is 0 Å². The minimum absolute atomic E-state index is 0. The van der Waals surface area contributed by atoms with E-state index >= 15 is 0 Å². The number of hydrogen-bond acceptors (Lipinski definition) is 4. The maximum atomic E-state index is 5.45. The van der Waals surface area contributed by atoms with E-state index in [1.807, 2.05) is 0 Å². The van der Waals surface area contributed by atoms with Crippen molar-refractivity contribution < 1.29 is 4.52 Å². The highest BCUT2D eigenvalue weighted by Gasteiger charge is 2.21. The van der Waals surface area contributed by atoms with Crippen molar-refractivity contribution >= 4 is 29.9 Å². The molecule has 6 nitrogen and oxygen atoms in total. The monoisotopic (exact) mass is 463 g/mol. The summed E-state index contributed by atoms with van der Waals surface area (Å²) in [4.78, 5) is 6.79. The molecule has 0 aliphatic carbocycles. The van der Waals surface area contributed by atoms with Gasteiger partial charge in [0.25, 0.3) is 0 Å². The van der Waals surface area contributed by atoms with Gasteiger partial charge < -0.3 is 20.1 Å². The lowest BCUT2D eigenvalue weighted by molar-refractivity contribution is 0.341. The predicted octanol–water partition coefficient (Wildman–Crippen LogP) is 3.20. The van der Waals surface area contributed by atoms with Crippen molar-refractivity contribution in [3.05, 3.63) is 17.5 Å². The molecule has 2 rings (SSSR count). The Morgan fingerprint density at radius 3 is 2.72 bits per heavy atom. The molecular weight excluding hydrogens is 429 g/mol. The molecule has 1 aromatic rings. The molecule has 144 valence electrons. The van der Waals surface area contributed by atoms with Gasteiger partial charge in [-0.1, -0.05) is 25.9 Å². The van der Waals surface area contributed by atoms with Gasteiger partial charge >= 0.3 is 0 Å². The topological polar surface area (TPSA) is 65.7 Å². The molecule has 1 saturated heterocycles. The molecule has 7 heteroatoms. The van der Waals surface area contributed by atoms with Crippen LogP contribution in [0.15, 0.2) is 15.6 Å². The SMILES string of the molecule is CCC(CC)c1cc(CNC(=NC)NCC2CCN(CC)C2)on1.I. The van der Waals surface area contributed by atoms with Gasteiger partial charge in [-0.05, 0) is 38.3 Å². The molecule has 0 radical (unpaired) electrons. The molecule has 0 aromatic carbocycles. The molecule has 0 spiro atoms. The number of halogens is 1. The number of nitrogens with zero attached hydrogens (tertiary/aromatic N) is 3. The van der Waals surface area contributed by atoms with E-state index < -0.39 is 0 Å². The van der Waals surface area contributed by atoms with E-state index in [1.54, 1.807) is 7.05 Å². The van der Waals surface area contributed by atoms with Gasteiger partial charge in [0.2, 0.25) is 0 Å². The van der Waals surface area contributed by atoms with Crippen LogP contribution in [0.25, 0.3) is 0 Å². The first-order chi connectivity index (χ1) is 11.7. The van der Waals surface area contributed by atoms with Crippen molar-refractivity contribution in [3.8, 4) is 0 Å². The normalized spacial score (nSPS) is 18.4. The fourth-order valence-electron chi connectivity index (χ4n) is 3.31. The molecule has 1 aromatic heterocycles. The largest absolute Gasteiger partial charge is 0.359 e. The number of rotatable bonds is 8. The van der Waals surface area contributed by atoms with E-state index in [2.05, 4.69) is 52.5 Å². The van der Waals surface area contributed by atoms with Gasteiger partial charge in [0.1, 0.15) is 0 Å². The van der Waals surface area contributed by atoms with Gasteiger partial charge in [0.05, 0.1) is 12.2 Å². The standard InChI is InChI=1S/C18H33N5O.HI/c1-5-15(6-2)17-10-16(24-22-17)12-21-18(19-4)20-11-14-8-9-23(7-3)13-14;/h10,14-15H,5-9,11-13H2,1-4H3,(H2,19,20,21);1H. The van der Waals surface area contributed by atoms with Crippen molar-refractivity contribution in [1.29, 1.82) is 0 Å². The molecule has 1 aliphatic heterocycles. The molecule has 25 heavy (non-hydrogen) atoms. The van der Waals surface area contributed by atoms with Gasteiger partial charge in [-0.2, -0.15) is 0 Å². The summed E-state index contributed by atoms with van der Waals surface area (Å²) in [5.41, 5.74) is 1.06. The zero-order valence-corrected chi connectivity index (χ0v) is 18.4. The van der Waals surface area contributed by atoms with Crippen LogP contribution in [-0.4, -0.2) is 49.2 Å². The van der Waals surface area contributed by atoms with Gasteiger partial charge in [0.15, 0.2) is 11.7 Å². The Hall–Kier alpha value is -0.830. The third-order valence-electron chi connectivity index (χ3n) is 5.01. The van der Waals surface area contributed by atoms with E-state index in [9.17, 15) is 0 Å². The van der Waals surface area contributed by atoms with E-state index in [-0.39, 0.29) is 24.0 Å². The van der Waals surface area contributed by atoms with Gasteiger partial charge in [0, 0.05) is 32.1 Å². The summed E-state index contributed by atoms with van der Waals surface area (Å²) in [6, 6.07) is 2.06. The Labute approximate surface area is 169 Å². The number of nitrogens with one attached hydrogen (secondary N) is 2. The zero-order valence-electron chi connectivity index (χ0n) is 16.0. The second-order valence-electron chi connectivity index (χ2n) is 6.59. The van der Waals surface area contributed by atoms with Crippen LogP contribution in [0.1, 0.15) is 57.4 Å². The first-order valence-corrected chi connectivity index (χ1v) is 9.32. The van der Waals surface area contributed by atoms with E-state index in [1.165, 1.54) is 19.5 Å². The lowest BCUT2D eigenvalue weighted by atomic mass is 9.99. The van der Waals surface area contributed by atoms with Crippen LogP contribution in [0.2, 0.25) is 0 Å². The van der Waals surface area contributed by atoms with Crippen LogP contribution >= 0.6 is 24.0 Å². The minimum Gasteiger partial charge on any atom is -0.359 e. The molecular formula is C18H34IN5O. The molecule has 0 amide bonds. The van der Waals surface area contributed by atoms with Crippen molar-refractivity contribution in [2.24, 2.45) is 10.9 Å². The average molecular weight is 463 g/mol. The molecule has 2 N–H and O–H groups in total. The fraction of sp³-hybridized carbons (Fsp3) is 0.778. The molecule has 1 aliphatic rings. The van der Waals surface area contributed by atoms with Crippen LogP contribution in [0.5, 0.6) is 0 Å². The lowest BCUT2D eigenvalue weighted by Crippen LogP contribution is -2.39. The Morgan fingerprint density at radius 1 is 1.36 bits per heavy atom. The quantitative estimate of drug-likeness (QED) is 0.352. The second kappa shape index (κ2) is 11.7. The first-order valence-electron chi connectivity index (χ1n) is 9.32. The number of aliphatic imine (C=N–C) groups is 1. The van der Waals surface area contributed by atoms with Crippen molar-refractivity contribution in [2.45, 2.75) is 52.5 Å². The molecule has 1 fully saturated rings. The molecule has 2 heterocycles. The number of aromatic nitrogens is 1. The Bertz CT molecular complexity index is 515. The van der Waals surface area contributed by atoms with Gasteiger partial charge in [-0.25, -0.2) is 0 Å². The van der Waals surface area contributed by atoms with E-state index in [4.69, 9.17) is 4.52 Å². The zero-order chi connectivity index (χ0) is 17.4. The first kappa shape index (κ1) is 22.2. The maximum Gasteiger partial charge on any atom is 0.191 e. The summed E-state index contributed by atoms with van der Waals surface area (Å²) in [6.45, 7) is 11.7. The van der Waals surface area contributed by atoms with Crippen molar-refractivity contribution in [2.75, 3.05) is 33.2 Å². The number of likely N-dealkylation sites (tertiary alicyclic amines) is 1. The van der Waals surface area contributed by atoms with Crippen LogP contribution in [-0.2, 0) is 6.54 Å². The van der Waals surface area contributed by atoms with Crippen molar-refractivity contribution in [3.63, 3.8) is 0 Å². The Balaban J connectivity index is 0.00000312. The van der Waals surface area contributed by atoms with Gasteiger partial charge in [-0.15, -0.1) is 24.0 Å². The second-order valence-corrected chi connectivity index (χ2v) is 6.59. The summed E-state index contributed by atoms with van der Waals surface area (Å²) in [7, 11) is 1.80. The van der Waals surface area contributed by atoms with Crippen LogP contribution in [0, 0.1) is 5.92 Å². The van der Waals surface area contributed by atoms with Gasteiger partial charge in [-0.3, -0.25) is 4.99 Å². The van der Waals surface area contributed by atoms with Crippen molar-refractivity contribution in [1.82, 2.24) is 20.7 Å². The maximum absolute atomic E-state index is 5.45. The van der Waals surface area contributed by atoms with Crippen LogP contribution in [0.4, 0.5) is 0 Å². The predicted molar refractivity (Wildman–Crippen MR) is 114 cm³/mol. The highest BCUT2D eigenvalue weighted by atomic mass is 127. The van der Waals surface area contributed by atoms with E-state index in [0.29, 0.717) is 18.4 Å². The summed E-state index contributed by atoms with van der Waals surface area (Å²) in [5.74, 6) is 2.88. The summed E-state index contributed by atoms with van der Waals surface area (Å²) < 4.78 is 5.45. The number of hydrogen-bond donors (Lipinski definition) is 2. The fourth-order valence-corrected chi connectivity index (χ4v) is 3.31. The molecule has 0 bridgehead atoms. The summed E-state index contributed by atoms with van der Waals surface area (Å²) in [6.07, 6.45) is 3.45. The number of guanidine groups is 1. The molecule has 0 saturated carbocycles. The third kappa shape index (κ3) is 6.77. The molecule has 1 atom stereocenters. The summed E-state index contributed by atoms with van der Waals surface area (Å²) in [5, 5.41) is 11.0. The Kier molecular flexibility index (Phi) is 10.4. The van der Waals surface area contributed by atoms with Crippen LogP contribution < -0.4 is 10.6 Å². The minimum atomic E-state index is 0.